The number of hydrogen-bond acceptors (Lipinski definition) is 5. The van der Waals surface area contributed by atoms with Crippen LogP contribution in [0.2, 0.25) is 0 Å². The summed E-state index contributed by atoms with van der Waals surface area (Å²) in [5.41, 5.74) is -2.94. The summed E-state index contributed by atoms with van der Waals surface area (Å²) in [6.45, 7) is 0.514. The van der Waals surface area contributed by atoms with Crippen molar-refractivity contribution in [1.29, 1.82) is 0 Å². The molecule has 2 aromatic rings. The number of nitrogens with one attached hydrogen (secondary N) is 2. The monoisotopic (exact) mass is 275 g/mol. The summed E-state index contributed by atoms with van der Waals surface area (Å²) in [6, 6.07) is 0. The first-order chi connectivity index (χ1) is 8.75. The Morgan fingerprint density at radius 2 is 2.05 bits per heavy atom. The maximum absolute atomic E-state index is 12.9. The van der Waals surface area contributed by atoms with Gasteiger partial charge in [-0.15, -0.1) is 0 Å². The largest absolute Gasteiger partial charge is 0.479 e. The van der Waals surface area contributed by atoms with Gasteiger partial charge in [0.05, 0.1) is 6.33 Å². The van der Waals surface area contributed by atoms with Crippen LogP contribution in [-0.4, -0.2) is 42.7 Å². The fraction of sp³-hybridized carbons (Fsp3) is 0.333. The molecule has 1 unspecified atom stereocenters. The molecule has 10 heteroatoms. The van der Waals surface area contributed by atoms with E-state index in [1.54, 1.807) is 0 Å². The maximum Gasteiger partial charge on any atom is 0.422 e. The molecule has 0 saturated carbocycles. The Hall–Kier alpha value is -2.39. The van der Waals surface area contributed by atoms with Crippen molar-refractivity contribution < 1.29 is 23.1 Å². The molecule has 0 saturated heterocycles. The molecule has 0 aromatic carbocycles. The zero-order valence-corrected chi connectivity index (χ0v) is 9.49. The summed E-state index contributed by atoms with van der Waals surface area (Å²) in [5.74, 6) is -2.35. The van der Waals surface area contributed by atoms with E-state index in [2.05, 4.69) is 19.9 Å². The smallest absolute Gasteiger partial charge is 0.422 e. The highest BCUT2D eigenvalue weighted by molar-refractivity contribution is 5.88. The number of anilines is 1. The van der Waals surface area contributed by atoms with Gasteiger partial charge < -0.3 is 15.4 Å². The number of rotatable bonds is 3. The molecule has 7 nitrogen and oxygen atoms in total. The van der Waals surface area contributed by atoms with E-state index in [1.165, 1.54) is 6.33 Å². The first kappa shape index (κ1) is 13.1. The molecule has 0 fully saturated rings. The number of aromatic amines is 1. The van der Waals surface area contributed by atoms with Crippen LogP contribution in [0.3, 0.4) is 0 Å². The molecule has 2 heterocycles. The summed E-state index contributed by atoms with van der Waals surface area (Å²) in [6.07, 6.45) is -2.80. The van der Waals surface area contributed by atoms with Gasteiger partial charge in [0.15, 0.2) is 11.5 Å². The number of aliphatic carboxylic acids is 1. The number of fused-ring (bicyclic) bond motifs is 1. The molecule has 2 rings (SSSR count). The highest BCUT2D eigenvalue weighted by atomic mass is 19.4. The van der Waals surface area contributed by atoms with Crippen molar-refractivity contribution in [2.45, 2.75) is 18.6 Å². The fourth-order valence-electron chi connectivity index (χ4n) is 1.34. The van der Waals surface area contributed by atoms with Crippen molar-refractivity contribution >= 4 is 23.0 Å². The minimum absolute atomic E-state index is 0.0965. The van der Waals surface area contributed by atoms with Crippen LogP contribution < -0.4 is 5.32 Å². The summed E-state index contributed by atoms with van der Waals surface area (Å²) in [5, 5.41) is 10.7. The molecule has 1 atom stereocenters. The first-order valence-electron chi connectivity index (χ1n) is 4.98. The van der Waals surface area contributed by atoms with Crippen molar-refractivity contribution in [2.24, 2.45) is 0 Å². The van der Waals surface area contributed by atoms with E-state index in [0.717, 1.165) is 6.33 Å². The summed E-state index contributed by atoms with van der Waals surface area (Å²) in [4.78, 5) is 24.5. The molecule has 2 aromatic heterocycles. The lowest BCUT2D eigenvalue weighted by molar-refractivity contribution is -0.192. The number of aromatic nitrogens is 4. The van der Waals surface area contributed by atoms with Crippen molar-refractivity contribution in [3.63, 3.8) is 0 Å². The zero-order valence-electron chi connectivity index (χ0n) is 9.49. The van der Waals surface area contributed by atoms with Gasteiger partial charge in [-0.05, 0) is 6.92 Å². The predicted molar refractivity (Wildman–Crippen MR) is 57.4 cm³/mol. The molecule has 0 aliphatic carbocycles. The van der Waals surface area contributed by atoms with Crippen LogP contribution in [0, 0.1) is 0 Å². The number of carboxylic acid groups (broad SMARTS) is 1. The summed E-state index contributed by atoms with van der Waals surface area (Å²) < 4.78 is 38.6. The lowest BCUT2D eigenvalue weighted by Crippen LogP contribution is -2.55. The Labute approximate surface area is 103 Å². The SMILES string of the molecule is CC(Nc1ncnc2nc[nH]c12)(C(=O)O)C(F)(F)F. The molecule has 0 spiro atoms. The number of H-pyrrole nitrogens is 1. The Morgan fingerprint density at radius 3 is 2.63 bits per heavy atom. The van der Waals surface area contributed by atoms with Gasteiger partial charge in [-0.2, -0.15) is 13.2 Å². The van der Waals surface area contributed by atoms with E-state index in [4.69, 9.17) is 5.11 Å². The number of carboxylic acids is 1. The van der Waals surface area contributed by atoms with E-state index in [9.17, 15) is 18.0 Å². The van der Waals surface area contributed by atoms with Crippen molar-refractivity contribution in [2.75, 3.05) is 5.32 Å². The zero-order chi connectivity index (χ0) is 14.3. The van der Waals surface area contributed by atoms with Gasteiger partial charge in [0.25, 0.3) is 0 Å². The highest BCUT2D eigenvalue weighted by Crippen LogP contribution is 2.34. The van der Waals surface area contributed by atoms with E-state index in [1.807, 2.05) is 5.32 Å². The van der Waals surface area contributed by atoms with Crippen molar-refractivity contribution in [3.05, 3.63) is 12.7 Å². The molecule has 3 N–H and O–H groups in total. The number of nitrogens with zero attached hydrogens (tertiary/aromatic N) is 3. The van der Waals surface area contributed by atoms with E-state index >= 15 is 0 Å². The van der Waals surface area contributed by atoms with Gasteiger partial charge in [0.2, 0.25) is 5.54 Å². The Kier molecular flexibility index (Phi) is 2.80. The second kappa shape index (κ2) is 4.07. The average Bonchev–Trinajstić information content (AvgIpc) is 2.76. The summed E-state index contributed by atoms with van der Waals surface area (Å²) in [7, 11) is 0. The second-order valence-electron chi connectivity index (χ2n) is 3.88. The lowest BCUT2D eigenvalue weighted by Gasteiger charge is -2.28. The molecule has 0 aliphatic heterocycles. The Balaban J connectivity index is 2.48. The third kappa shape index (κ3) is 2.04. The third-order valence-electron chi connectivity index (χ3n) is 2.59. The molecular weight excluding hydrogens is 267 g/mol. The van der Waals surface area contributed by atoms with Crippen LogP contribution in [-0.2, 0) is 4.79 Å². The van der Waals surface area contributed by atoms with Gasteiger partial charge >= 0.3 is 12.1 Å². The third-order valence-corrected chi connectivity index (χ3v) is 2.59. The van der Waals surface area contributed by atoms with E-state index in [0.29, 0.717) is 6.92 Å². The molecule has 102 valence electrons. The van der Waals surface area contributed by atoms with Crippen molar-refractivity contribution in [3.8, 4) is 0 Å². The highest BCUT2D eigenvalue weighted by Gasteiger charge is 2.58. The van der Waals surface area contributed by atoms with Crippen LogP contribution in [0.1, 0.15) is 6.92 Å². The van der Waals surface area contributed by atoms with Crippen LogP contribution in [0.25, 0.3) is 11.2 Å². The van der Waals surface area contributed by atoms with E-state index < -0.39 is 17.7 Å². The quantitative estimate of drug-likeness (QED) is 0.776. The lowest BCUT2D eigenvalue weighted by atomic mass is 10.0. The standard InChI is InChI=1S/C9H8F3N5O2/c1-8(7(18)19,9(10,11)12)17-6-4-5(14-2-13-4)15-3-16-6/h2-3H,1H3,(H,18,19)(H2,13,14,15,16,17). The Morgan fingerprint density at radius 1 is 1.37 bits per heavy atom. The Bertz CT molecular complexity index is 626. The molecule has 0 aliphatic rings. The second-order valence-corrected chi connectivity index (χ2v) is 3.88. The van der Waals surface area contributed by atoms with Gasteiger partial charge in [0, 0.05) is 0 Å². The number of imidazole rings is 1. The van der Waals surface area contributed by atoms with Crippen LogP contribution in [0.5, 0.6) is 0 Å². The fourth-order valence-corrected chi connectivity index (χ4v) is 1.34. The number of carbonyl (C=O) groups is 1. The molecule has 0 amide bonds. The molecule has 0 radical (unpaired) electrons. The number of alkyl halides is 3. The number of hydrogen-bond donors (Lipinski definition) is 3. The van der Waals surface area contributed by atoms with Gasteiger partial charge in [-0.1, -0.05) is 0 Å². The van der Waals surface area contributed by atoms with Gasteiger partial charge in [-0.3, -0.25) is 0 Å². The van der Waals surface area contributed by atoms with Gasteiger partial charge in [-0.25, -0.2) is 19.7 Å². The minimum Gasteiger partial charge on any atom is -0.479 e. The van der Waals surface area contributed by atoms with Crippen LogP contribution >= 0.6 is 0 Å². The van der Waals surface area contributed by atoms with Crippen LogP contribution in [0.4, 0.5) is 19.0 Å². The minimum atomic E-state index is -5.00. The van der Waals surface area contributed by atoms with Crippen molar-refractivity contribution in [1.82, 2.24) is 19.9 Å². The first-order valence-corrected chi connectivity index (χ1v) is 4.98. The molecular formula is C9H8F3N5O2. The number of halogens is 3. The maximum atomic E-state index is 12.9. The normalized spacial score (nSPS) is 15.2. The topological polar surface area (TPSA) is 104 Å². The van der Waals surface area contributed by atoms with E-state index in [-0.39, 0.29) is 17.0 Å². The molecule has 0 bridgehead atoms. The van der Waals surface area contributed by atoms with Gasteiger partial charge in [0.1, 0.15) is 11.8 Å². The van der Waals surface area contributed by atoms with Crippen LogP contribution in [0.15, 0.2) is 12.7 Å². The predicted octanol–water partition coefficient (Wildman–Crippen LogP) is 1.17. The summed E-state index contributed by atoms with van der Waals surface area (Å²) >= 11 is 0. The average molecular weight is 275 g/mol. The molecule has 19 heavy (non-hydrogen) atoms.